The van der Waals surface area contributed by atoms with Crippen LogP contribution in [0.3, 0.4) is 0 Å². The lowest BCUT2D eigenvalue weighted by molar-refractivity contribution is 0.467. The number of ether oxygens (including phenoxy) is 1. The van der Waals surface area contributed by atoms with E-state index in [0.717, 1.165) is 18.0 Å². The zero-order valence-electron chi connectivity index (χ0n) is 10.3. The Morgan fingerprint density at radius 3 is 2.95 bits per heavy atom. The second-order valence-electron chi connectivity index (χ2n) is 3.85. The third-order valence-corrected chi connectivity index (χ3v) is 3.45. The summed E-state index contributed by atoms with van der Waals surface area (Å²) in [5.74, 6) is 0.0369. The molecule has 0 radical (unpaired) electrons. The summed E-state index contributed by atoms with van der Waals surface area (Å²) in [6, 6.07) is 4.35. The smallest absolute Gasteiger partial charge is 0.299 e. The molecule has 0 aliphatic heterocycles. The molecule has 1 heterocycles. The van der Waals surface area contributed by atoms with Gasteiger partial charge in [-0.25, -0.2) is 4.39 Å². The highest BCUT2D eigenvalue weighted by Crippen LogP contribution is 2.27. The fraction of sp³-hybridized carbons (Fsp3) is 0.333. The molecule has 0 aliphatic rings. The number of hydrogen-bond donors (Lipinski definition) is 1. The summed E-state index contributed by atoms with van der Waals surface area (Å²) in [5, 5.41) is 12.4. The number of benzene rings is 1. The van der Waals surface area contributed by atoms with Gasteiger partial charge in [-0.15, -0.1) is 5.10 Å². The van der Waals surface area contributed by atoms with Crippen molar-refractivity contribution in [1.82, 2.24) is 15.5 Å². The van der Waals surface area contributed by atoms with Gasteiger partial charge < -0.3 is 10.1 Å². The SMILES string of the molecule is CCCNCc1nnc(Oc2cc(F)cc(Br)c2)s1. The fourth-order valence-electron chi connectivity index (χ4n) is 1.41. The van der Waals surface area contributed by atoms with Crippen molar-refractivity contribution in [2.24, 2.45) is 0 Å². The summed E-state index contributed by atoms with van der Waals surface area (Å²) in [4.78, 5) is 0. The molecule has 2 rings (SSSR count). The molecule has 0 unspecified atom stereocenters. The van der Waals surface area contributed by atoms with Gasteiger partial charge in [0.15, 0.2) is 0 Å². The third kappa shape index (κ3) is 4.52. The van der Waals surface area contributed by atoms with Crippen LogP contribution in [-0.4, -0.2) is 16.7 Å². The maximum atomic E-state index is 13.2. The quantitative estimate of drug-likeness (QED) is 0.810. The highest BCUT2D eigenvalue weighted by atomic mass is 79.9. The predicted molar refractivity (Wildman–Crippen MR) is 76.1 cm³/mol. The Kier molecular flexibility index (Phi) is 5.24. The van der Waals surface area contributed by atoms with Crippen LogP contribution in [0.25, 0.3) is 0 Å². The van der Waals surface area contributed by atoms with Crippen LogP contribution in [0.1, 0.15) is 18.4 Å². The Balaban J connectivity index is 1.99. The van der Waals surface area contributed by atoms with Crippen LogP contribution in [-0.2, 0) is 6.54 Å². The minimum atomic E-state index is -0.362. The Bertz CT molecular complexity index is 529. The van der Waals surface area contributed by atoms with E-state index in [1.165, 1.54) is 23.5 Å². The molecule has 1 aromatic heterocycles. The van der Waals surface area contributed by atoms with E-state index in [-0.39, 0.29) is 5.82 Å². The van der Waals surface area contributed by atoms with Gasteiger partial charge in [0.25, 0.3) is 5.19 Å². The maximum Gasteiger partial charge on any atom is 0.299 e. The van der Waals surface area contributed by atoms with Crippen molar-refractivity contribution in [3.8, 4) is 10.9 Å². The van der Waals surface area contributed by atoms with Crippen LogP contribution < -0.4 is 10.1 Å². The van der Waals surface area contributed by atoms with Crippen molar-refractivity contribution in [3.05, 3.63) is 33.5 Å². The minimum absolute atomic E-state index is 0.362. The molecule has 2 aromatic rings. The number of rotatable bonds is 6. The molecule has 1 N–H and O–H groups in total. The summed E-state index contributed by atoms with van der Waals surface area (Å²) in [6.45, 7) is 3.71. The Morgan fingerprint density at radius 2 is 2.21 bits per heavy atom. The number of nitrogens with one attached hydrogen (secondary N) is 1. The van der Waals surface area contributed by atoms with Crippen LogP contribution >= 0.6 is 27.3 Å². The molecule has 19 heavy (non-hydrogen) atoms. The molecule has 7 heteroatoms. The topological polar surface area (TPSA) is 47.0 Å². The highest BCUT2D eigenvalue weighted by molar-refractivity contribution is 9.10. The molecule has 0 aliphatic carbocycles. The zero-order valence-corrected chi connectivity index (χ0v) is 12.7. The van der Waals surface area contributed by atoms with E-state index in [2.05, 4.69) is 38.4 Å². The molecule has 0 saturated heterocycles. The first-order valence-corrected chi connectivity index (χ1v) is 7.45. The predicted octanol–water partition coefficient (Wildman–Crippen LogP) is 3.73. The third-order valence-electron chi connectivity index (χ3n) is 2.19. The lowest BCUT2D eigenvalue weighted by Crippen LogP contribution is -2.13. The van der Waals surface area contributed by atoms with E-state index in [0.29, 0.717) is 22.0 Å². The number of halogens is 2. The van der Waals surface area contributed by atoms with Gasteiger partial charge in [-0.05, 0) is 25.1 Å². The van der Waals surface area contributed by atoms with Crippen molar-refractivity contribution >= 4 is 27.3 Å². The zero-order chi connectivity index (χ0) is 13.7. The van der Waals surface area contributed by atoms with Gasteiger partial charge in [0.1, 0.15) is 16.6 Å². The normalized spacial score (nSPS) is 10.7. The molecule has 0 saturated carbocycles. The lowest BCUT2D eigenvalue weighted by Gasteiger charge is -2.01. The van der Waals surface area contributed by atoms with E-state index >= 15 is 0 Å². The Labute approximate surface area is 123 Å². The molecule has 102 valence electrons. The van der Waals surface area contributed by atoms with Crippen LogP contribution in [0.2, 0.25) is 0 Å². The van der Waals surface area contributed by atoms with E-state index in [4.69, 9.17) is 4.74 Å². The van der Waals surface area contributed by atoms with Crippen molar-refractivity contribution in [2.75, 3.05) is 6.54 Å². The average Bonchev–Trinajstić information content (AvgIpc) is 2.76. The fourth-order valence-corrected chi connectivity index (χ4v) is 2.53. The first-order valence-electron chi connectivity index (χ1n) is 5.84. The standard InChI is InChI=1S/C12H13BrFN3OS/c1-2-3-15-7-11-16-17-12(19-11)18-10-5-8(13)4-9(14)6-10/h4-6,15H,2-3,7H2,1H3. The van der Waals surface area contributed by atoms with Crippen molar-refractivity contribution < 1.29 is 9.13 Å². The molecular formula is C12H13BrFN3OS. The number of hydrogen-bond acceptors (Lipinski definition) is 5. The summed E-state index contributed by atoms with van der Waals surface area (Å²) in [7, 11) is 0. The Morgan fingerprint density at radius 1 is 1.37 bits per heavy atom. The van der Waals surface area contributed by atoms with E-state index in [1.807, 2.05) is 0 Å². The number of nitrogens with zero attached hydrogens (tertiary/aromatic N) is 2. The van der Waals surface area contributed by atoms with Gasteiger partial charge >= 0.3 is 0 Å². The van der Waals surface area contributed by atoms with Gasteiger partial charge in [-0.1, -0.05) is 39.3 Å². The van der Waals surface area contributed by atoms with Crippen molar-refractivity contribution in [2.45, 2.75) is 19.9 Å². The number of aromatic nitrogens is 2. The molecule has 0 amide bonds. The van der Waals surface area contributed by atoms with Gasteiger partial charge in [-0.2, -0.15) is 0 Å². The first-order chi connectivity index (χ1) is 9.17. The van der Waals surface area contributed by atoms with Crippen LogP contribution in [0.15, 0.2) is 22.7 Å². The lowest BCUT2D eigenvalue weighted by atomic mass is 10.3. The average molecular weight is 346 g/mol. The minimum Gasteiger partial charge on any atom is -0.430 e. The van der Waals surface area contributed by atoms with Gasteiger partial charge in [0, 0.05) is 17.1 Å². The van der Waals surface area contributed by atoms with Crippen molar-refractivity contribution in [3.63, 3.8) is 0 Å². The van der Waals surface area contributed by atoms with Gasteiger partial charge in [-0.3, -0.25) is 0 Å². The molecule has 0 spiro atoms. The monoisotopic (exact) mass is 345 g/mol. The molecule has 0 bridgehead atoms. The molecule has 1 aromatic carbocycles. The largest absolute Gasteiger partial charge is 0.430 e. The summed E-state index contributed by atoms with van der Waals surface area (Å²) in [6.07, 6.45) is 1.07. The van der Waals surface area contributed by atoms with E-state index in [1.54, 1.807) is 6.07 Å². The van der Waals surface area contributed by atoms with Crippen LogP contribution in [0.5, 0.6) is 10.9 Å². The summed E-state index contributed by atoms with van der Waals surface area (Å²) >= 11 is 4.56. The van der Waals surface area contributed by atoms with Crippen molar-refractivity contribution in [1.29, 1.82) is 0 Å². The molecule has 4 nitrogen and oxygen atoms in total. The summed E-state index contributed by atoms with van der Waals surface area (Å²) in [5.41, 5.74) is 0. The second-order valence-corrected chi connectivity index (χ2v) is 5.79. The molecule has 0 atom stereocenters. The molecular weight excluding hydrogens is 333 g/mol. The van der Waals surface area contributed by atoms with Crippen LogP contribution in [0.4, 0.5) is 4.39 Å². The van der Waals surface area contributed by atoms with E-state index in [9.17, 15) is 4.39 Å². The summed E-state index contributed by atoms with van der Waals surface area (Å²) < 4.78 is 19.3. The maximum absolute atomic E-state index is 13.2. The highest BCUT2D eigenvalue weighted by Gasteiger charge is 2.07. The first kappa shape index (κ1) is 14.4. The molecule has 0 fully saturated rings. The van der Waals surface area contributed by atoms with Gasteiger partial charge in [0.05, 0.1) is 0 Å². The second kappa shape index (κ2) is 6.93. The Hall–Kier alpha value is -1.05. The van der Waals surface area contributed by atoms with E-state index < -0.39 is 0 Å². The van der Waals surface area contributed by atoms with Crippen LogP contribution in [0, 0.1) is 5.82 Å². The van der Waals surface area contributed by atoms with Gasteiger partial charge in [0.2, 0.25) is 0 Å².